The zero-order valence-corrected chi connectivity index (χ0v) is 32.8. The quantitative estimate of drug-likeness (QED) is 0.161. The number of pyridine rings is 2. The van der Waals surface area contributed by atoms with Gasteiger partial charge in [0, 0.05) is 33.8 Å². The summed E-state index contributed by atoms with van der Waals surface area (Å²) in [6.07, 6.45) is 1.83. The van der Waals surface area contributed by atoms with Gasteiger partial charge in [-0.15, -0.1) is 0 Å². The van der Waals surface area contributed by atoms with Crippen molar-refractivity contribution in [3.63, 3.8) is 0 Å². The number of para-hydroxylation sites is 1. The number of fused-ring (bicyclic) bond motifs is 5. The standard InChI is InChI=1S/C51H40B2N2O2/c1-31-15-12-16-32(2)48(31)52-41-21-7-8-22-42(41)53(49-33(3)17-13-18-34(49)4)50-43(52)27-36(44-24-14-19-35(5)55-44)28-47(50)56-37-29-39-38-20-6-9-25-46(38)57-51(39)40(30-37)45-23-10-11-26-54-45/h6-30H,1-5H3. The molecule has 0 N–H and O–H groups in total. The van der Waals surface area contributed by atoms with E-state index in [1.807, 2.05) is 36.5 Å². The molecule has 0 atom stereocenters. The topological polar surface area (TPSA) is 48.2 Å². The summed E-state index contributed by atoms with van der Waals surface area (Å²) in [5.41, 5.74) is 18.9. The van der Waals surface area contributed by atoms with Gasteiger partial charge >= 0.3 is 0 Å². The predicted molar refractivity (Wildman–Crippen MR) is 239 cm³/mol. The molecule has 0 spiro atoms. The molecule has 3 aromatic heterocycles. The molecule has 1 aliphatic rings. The second-order valence-electron chi connectivity index (χ2n) is 15.5. The molecule has 10 rings (SSSR count). The maximum absolute atomic E-state index is 7.45. The van der Waals surface area contributed by atoms with Crippen LogP contribution < -0.4 is 37.5 Å². The van der Waals surface area contributed by atoms with Crippen molar-refractivity contribution in [2.45, 2.75) is 34.6 Å². The lowest BCUT2D eigenvalue weighted by Crippen LogP contribution is -2.76. The summed E-state index contributed by atoms with van der Waals surface area (Å²) in [6, 6.07) is 51.6. The number of hydrogen-bond acceptors (Lipinski definition) is 4. The number of ether oxygens (including phenoxy) is 1. The molecule has 4 nitrogen and oxygen atoms in total. The van der Waals surface area contributed by atoms with Crippen LogP contribution in [-0.2, 0) is 0 Å². The third kappa shape index (κ3) is 5.86. The Labute approximate surface area is 334 Å². The fourth-order valence-electron chi connectivity index (χ4n) is 9.37. The Morgan fingerprint density at radius 2 is 1.14 bits per heavy atom. The normalized spacial score (nSPS) is 12.2. The third-order valence-electron chi connectivity index (χ3n) is 11.9. The lowest BCUT2D eigenvalue weighted by atomic mass is 9.20. The van der Waals surface area contributed by atoms with Crippen LogP contribution >= 0.6 is 0 Å². The molecule has 0 fully saturated rings. The SMILES string of the molecule is Cc1cccc(-c2cc(Oc3cc(-c4ccccn4)c4oc5ccccc5c4c3)c3c(c2)B(c2c(C)cccc2C)c2ccccc2B3c2c(C)cccc2C)n1. The number of nitrogens with zero attached hydrogens (tertiary/aromatic N) is 2. The van der Waals surface area contributed by atoms with Gasteiger partial charge in [0.25, 0.3) is 0 Å². The van der Waals surface area contributed by atoms with Gasteiger partial charge in [0.05, 0.1) is 11.4 Å². The zero-order chi connectivity index (χ0) is 38.8. The Bertz CT molecular complexity index is 2990. The van der Waals surface area contributed by atoms with Crippen molar-refractivity contribution in [1.29, 1.82) is 0 Å². The van der Waals surface area contributed by atoms with E-state index in [0.29, 0.717) is 5.75 Å². The van der Waals surface area contributed by atoms with Crippen LogP contribution in [0.4, 0.5) is 0 Å². The minimum atomic E-state index is -0.0822. The summed E-state index contributed by atoms with van der Waals surface area (Å²) >= 11 is 0. The van der Waals surface area contributed by atoms with E-state index >= 15 is 0 Å². The molecule has 272 valence electrons. The van der Waals surface area contributed by atoms with Gasteiger partial charge in [-0.05, 0) is 88.6 Å². The molecule has 6 heteroatoms. The summed E-state index contributed by atoms with van der Waals surface area (Å²) in [5.74, 6) is 1.53. The van der Waals surface area contributed by atoms with Gasteiger partial charge in [-0.1, -0.05) is 147 Å². The van der Waals surface area contributed by atoms with E-state index in [0.717, 1.165) is 55.9 Å². The fourth-order valence-corrected chi connectivity index (χ4v) is 9.37. The molecular weight excluding hydrogens is 694 g/mol. The first-order chi connectivity index (χ1) is 27.8. The number of aryl methyl sites for hydroxylation is 5. The molecule has 4 heterocycles. The Morgan fingerprint density at radius 1 is 0.509 bits per heavy atom. The molecule has 1 aliphatic heterocycles. The van der Waals surface area contributed by atoms with Crippen LogP contribution in [0.5, 0.6) is 11.5 Å². The Hall–Kier alpha value is -6.65. The van der Waals surface area contributed by atoms with Gasteiger partial charge in [-0.3, -0.25) is 9.97 Å². The van der Waals surface area contributed by atoms with E-state index in [1.165, 1.54) is 55.0 Å². The molecule has 6 aromatic carbocycles. The monoisotopic (exact) mass is 734 g/mol. The number of benzene rings is 6. The lowest BCUT2D eigenvalue weighted by Gasteiger charge is -2.36. The van der Waals surface area contributed by atoms with E-state index in [4.69, 9.17) is 19.1 Å². The second kappa shape index (κ2) is 13.8. The Kier molecular flexibility index (Phi) is 8.44. The lowest BCUT2D eigenvalue weighted by molar-refractivity contribution is 0.487. The zero-order valence-electron chi connectivity index (χ0n) is 32.8. The summed E-state index contributed by atoms with van der Waals surface area (Å²) in [5, 5.41) is 2.02. The van der Waals surface area contributed by atoms with Crippen molar-refractivity contribution in [3.8, 4) is 34.0 Å². The van der Waals surface area contributed by atoms with Crippen LogP contribution in [0.25, 0.3) is 44.5 Å². The van der Waals surface area contributed by atoms with E-state index in [-0.39, 0.29) is 13.4 Å². The summed E-state index contributed by atoms with van der Waals surface area (Å²) in [4.78, 5) is 9.85. The van der Waals surface area contributed by atoms with Gasteiger partial charge in [-0.25, -0.2) is 0 Å². The molecule has 9 aromatic rings. The van der Waals surface area contributed by atoms with Gasteiger partial charge < -0.3 is 9.15 Å². The number of hydrogen-bond donors (Lipinski definition) is 0. The van der Waals surface area contributed by atoms with Crippen molar-refractivity contribution in [3.05, 3.63) is 180 Å². The maximum Gasteiger partial charge on any atom is 0.245 e. The summed E-state index contributed by atoms with van der Waals surface area (Å²) in [7, 11) is 0. The van der Waals surface area contributed by atoms with E-state index in [9.17, 15) is 0 Å². The molecule has 0 amide bonds. The first-order valence-corrected chi connectivity index (χ1v) is 19.7. The average molecular weight is 735 g/mol. The smallest absolute Gasteiger partial charge is 0.245 e. The number of rotatable bonds is 6. The molecule has 0 saturated carbocycles. The summed E-state index contributed by atoms with van der Waals surface area (Å²) < 4.78 is 14.0. The van der Waals surface area contributed by atoms with Crippen LogP contribution in [0, 0.1) is 34.6 Å². The number of aromatic nitrogens is 2. The van der Waals surface area contributed by atoms with Crippen LogP contribution in [0.1, 0.15) is 27.9 Å². The van der Waals surface area contributed by atoms with E-state index in [2.05, 4.69) is 150 Å². The van der Waals surface area contributed by atoms with Gasteiger partial charge in [0.1, 0.15) is 22.7 Å². The van der Waals surface area contributed by atoms with Gasteiger partial charge in [0.15, 0.2) is 0 Å². The molecule has 0 bridgehead atoms. The minimum absolute atomic E-state index is 0.0329. The van der Waals surface area contributed by atoms with Crippen molar-refractivity contribution < 1.29 is 9.15 Å². The first-order valence-electron chi connectivity index (χ1n) is 19.7. The largest absolute Gasteiger partial charge is 0.458 e. The van der Waals surface area contributed by atoms with Crippen molar-refractivity contribution in [2.24, 2.45) is 0 Å². The molecule has 0 unspecified atom stereocenters. The van der Waals surface area contributed by atoms with Crippen molar-refractivity contribution in [1.82, 2.24) is 9.97 Å². The minimum Gasteiger partial charge on any atom is -0.458 e. The van der Waals surface area contributed by atoms with Crippen LogP contribution in [0.2, 0.25) is 0 Å². The molecule has 0 aliphatic carbocycles. The van der Waals surface area contributed by atoms with E-state index in [1.54, 1.807) is 0 Å². The highest BCUT2D eigenvalue weighted by Crippen LogP contribution is 2.40. The predicted octanol–water partition coefficient (Wildman–Crippen LogP) is 8.39. The first kappa shape index (κ1) is 34.8. The second-order valence-corrected chi connectivity index (χ2v) is 15.5. The highest BCUT2D eigenvalue weighted by atomic mass is 16.5. The van der Waals surface area contributed by atoms with Crippen molar-refractivity contribution in [2.75, 3.05) is 0 Å². The van der Waals surface area contributed by atoms with Gasteiger partial charge in [-0.2, -0.15) is 0 Å². The highest BCUT2D eigenvalue weighted by Gasteiger charge is 2.43. The molecule has 0 radical (unpaired) electrons. The van der Waals surface area contributed by atoms with Crippen LogP contribution in [0.15, 0.2) is 156 Å². The van der Waals surface area contributed by atoms with Crippen LogP contribution in [-0.4, -0.2) is 23.4 Å². The molecule has 57 heavy (non-hydrogen) atoms. The Balaban J connectivity index is 1.31. The molecule has 0 saturated heterocycles. The maximum atomic E-state index is 7.45. The van der Waals surface area contributed by atoms with Gasteiger partial charge in [0.2, 0.25) is 13.4 Å². The average Bonchev–Trinajstić information content (AvgIpc) is 3.60. The summed E-state index contributed by atoms with van der Waals surface area (Å²) in [6.45, 7) is 10.9. The number of furan rings is 1. The van der Waals surface area contributed by atoms with Crippen molar-refractivity contribution >= 4 is 68.1 Å². The highest BCUT2D eigenvalue weighted by molar-refractivity contribution is 7.12. The molecular formula is C51H40B2N2O2. The third-order valence-corrected chi connectivity index (χ3v) is 11.9. The van der Waals surface area contributed by atoms with Crippen LogP contribution in [0.3, 0.4) is 0 Å². The fraction of sp³-hybridized carbons (Fsp3) is 0.0980. The Morgan fingerprint density at radius 3 is 1.84 bits per heavy atom. The van der Waals surface area contributed by atoms with E-state index < -0.39 is 0 Å².